The first kappa shape index (κ1) is 12.6. The van der Waals surface area contributed by atoms with Crippen molar-refractivity contribution in [2.24, 2.45) is 0 Å². The Morgan fingerprint density at radius 1 is 1.20 bits per heavy atom. The van der Waals surface area contributed by atoms with Crippen molar-refractivity contribution in [1.82, 2.24) is 5.32 Å². The Kier molecular flexibility index (Phi) is 2.72. The predicted octanol–water partition coefficient (Wildman–Crippen LogP) is -0.477. The number of benzene rings is 1. The Morgan fingerprint density at radius 2 is 1.95 bits per heavy atom. The first-order chi connectivity index (χ1) is 9.47. The Labute approximate surface area is 114 Å². The molecule has 0 aromatic heterocycles. The number of aliphatic hydroxyl groups is 1. The number of nitrogens with one attached hydrogen (secondary N) is 2. The summed E-state index contributed by atoms with van der Waals surface area (Å²) in [5.74, 6) is -1.19. The van der Waals surface area contributed by atoms with Crippen LogP contribution >= 0.6 is 0 Å². The maximum Gasteiger partial charge on any atom is 0.257 e. The second-order valence-corrected chi connectivity index (χ2v) is 4.88. The average Bonchev–Trinajstić information content (AvgIpc) is 2.69. The highest BCUT2D eigenvalue weighted by Gasteiger charge is 2.33. The summed E-state index contributed by atoms with van der Waals surface area (Å²) in [7, 11) is 0. The van der Waals surface area contributed by atoms with Gasteiger partial charge in [0.1, 0.15) is 6.04 Å². The molecule has 2 atom stereocenters. The van der Waals surface area contributed by atoms with E-state index in [1.807, 2.05) is 0 Å². The van der Waals surface area contributed by atoms with E-state index >= 15 is 0 Å². The maximum atomic E-state index is 11.6. The van der Waals surface area contributed by atoms with Gasteiger partial charge in [-0.05, 0) is 19.1 Å². The summed E-state index contributed by atoms with van der Waals surface area (Å²) in [5, 5.41) is 14.5. The fourth-order valence-electron chi connectivity index (χ4n) is 2.44. The van der Waals surface area contributed by atoms with E-state index in [1.165, 1.54) is 0 Å². The molecule has 1 aromatic rings. The molecule has 20 heavy (non-hydrogen) atoms. The number of imide groups is 1. The van der Waals surface area contributed by atoms with Crippen molar-refractivity contribution < 1.29 is 19.5 Å². The van der Waals surface area contributed by atoms with Gasteiger partial charge in [0.25, 0.3) is 5.91 Å². The molecule has 3 rings (SSSR count). The number of nitrogens with zero attached hydrogens (tertiary/aromatic N) is 1. The summed E-state index contributed by atoms with van der Waals surface area (Å²) in [6, 6.07) is 4.49. The van der Waals surface area contributed by atoms with Crippen LogP contribution in [-0.4, -0.2) is 35.4 Å². The lowest BCUT2D eigenvalue weighted by atomic mass is 10.1. The normalized spacial score (nSPS) is 25.3. The summed E-state index contributed by atoms with van der Waals surface area (Å²) in [6.45, 7) is 1.77. The third-order valence-electron chi connectivity index (χ3n) is 3.59. The van der Waals surface area contributed by atoms with Gasteiger partial charge in [0.2, 0.25) is 11.8 Å². The Hall–Kier alpha value is -2.41. The van der Waals surface area contributed by atoms with Gasteiger partial charge >= 0.3 is 0 Å². The minimum absolute atomic E-state index is 0.0716. The number of amides is 3. The van der Waals surface area contributed by atoms with Crippen molar-refractivity contribution in [2.75, 3.05) is 16.8 Å². The highest BCUT2D eigenvalue weighted by atomic mass is 16.3. The van der Waals surface area contributed by atoms with Crippen LogP contribution in [0.15, 0.2) is 18.2 Å². The Bertz CT molecular complexity index is 628. The second kappa shape index (κ2) is 4.31. The molecule has 1 fully saturated rings. The lowest BCUT2D eigenvalue weighted by Crippen LogP contribution is -2.57. The summed E-state index contributed by atoms with van der Waals surface area (Å²) >= 11 is 0. The fourth-order valence-corrected chi connectivity index (χ4v) is 2.44. The Morgan fingerprint density at radius 3 is 2.70 bits per heavy atom. The van der Waals surface area contributed by atoms with E-state index in [9.17, 15) is 19.5 Å². The van der Waals surface area contributed by atoms with E-state index < -0.39 is 18.1 Å². The molecule has 0 saturated carbocycles. The number of piperazine rings is 1. The van der Waals surface area contributed by atoms with Gasteiger partial charge in [-0.25, -0.2) is 0 Å². The highest BCUT2D eigenvalue weighted by molar-refractivity contribution is 6.05. The first-order valence-electron chi connectivity index (χ1n) is 6.20. The lowest BCUT2D eigenvalue weighted by molar-refractivity contribution is -0.132. The maximum absolute atomic E-state index is 11.6. The summed E-state index contributed by atoms with van der Waals surface area (Å²) in [5.41, 5.74) is 1.65. The molecular formula is C13H13N3O4. The van der Waals surface area contributed by atoms with Gasteiger partial charge in [-0.3, -0.25) is 19.7 Å². The SMILES string of the molecule is CC1C(=O)NC(=O)CN1c1ccc2c(c1)NC(=O)C2O. The van der Waals surface area contributed by atoms with Crippen molar-refractivity contribution in [3.05, 3.63) is 23.8 Å². The number of aliphatic hydroxyl groups excluding tert-OH is 1. The molecule has 0 spiro atoms. The molecule has 1 saturated heterocycles. The molecule has 104 valence electrons. The molecule has 2 aliphatic rings. The fraction of sp³-hybridized carbons (Fsp3) is 0.308. The number of hydrogen-bond acceptors (Lipinski definition) is 5. The first-order valence-corrected chi connectivity index (χ1v) is 6.20. The van der Waals surface area contributed by atoms with E-state index in [-0.39, 0.29) is 18.4 Å². The summed E-state index contributed by atoms with van der Waals surface area (Å²) in [6.07, 6.45) is -1.16. The molecule has 2 heterocycles. The molecule has 0 radical (unpaired) electrons. The molecule has 0 bridgehead atoms. The molecule has 2 unspecified atom stereocenters. The smallest absolute Gasteiger partial charge is 0.257 e. The van der Waals surface area contributed by atoms with E-state index in [4.69, 9.17) is 0 Å². The second-order valence-electron chi connectivity index (χ2n) is 4.88. The zero-order valence-electron chi connectivity index (χ0n) is 10.7. The number of rotatable bonds is 1. The number of carbonyl (C=O) groups excluding carboxylic acids is 3. The number of hydrogen-bond donors (Lipinski definition) is 3. The van der Waals surface area contributed by atoms with Gasteiger partial charge in [-0.1, -0.05) is 6.07 Å². The average molecular weight is 275 g/mol. The van der Waals surface area contributed by atoms with Gasteiger partial charge in [0, 0.05) is 16.9 Å². The van der Waals surface area contributed by atoms with Gasteiger partial charge in [0.05, 0.1) is 6.54 Å². The number of fused-ring (bicyclic) bond motifs is 1. The molecule has 0 aliphatic carbocycles. The molecule has 3 amide bonds. The van der Waals surface area contributed by atoms with E-state index in [1.54, 1.807) is 30.0 Å². The zero-order valence-corrected chi connectivity index (χ0v) is 10.7. The molecule has 7 heteroatoms. The van der Waals surface area contributed by atoms with Crippen LogP contribution in [0.2, 0.25) is 0 Å². The highest BCUT2D eigenvalue weighted by Crippen LogP contribution is 2.34. The summed E-state index contributed by atoms with van der Waals surface area (Å²) in [4.78, 5) is 36.1. The standard InChI is InChI=1S/C13H13N3O4/c1-6-12(19)15-10(17)5-16(6)7-2-3-8-9(4-7)14-13(20)11(8)18/h2-4,6,11,18H,5H2,1H3,(H,14,20)(H,15,17,19). The molecule has 2 aliphatic heterocycles. The third-order valence-corrected chi connectivity index (χ3v) is 3.59. The number of anilines is 2. The van der Waals surface area contributed by atoms with Crippen LogP contribution in [-0.2, 0) is 14.4 Å². The molecular weight excluding hydrogens is 262 g/mol. The molecule has 3 N–H and O–H groups in total. The van der Waals surface area contributed by atoms with Crippen LogP contribution < -0.4 is 15.5 Å². The minimum atomic E-state index is -1.16. The predicted molar refractivity (Wildman–Crippen MR) is 70.0 cm³/mol. The van der Waals surface area contributed by atoms with Crippen molar-refractivity contribution in [3.8, 4) is 0 Å². The van der Waals surface area contributed by atoms with Gasteiger partial charge in [-0.2, -0.15) is 0 Å². The van der Waals surface area contributed by atoms with E-state index in [0.29, 0.717) is 16.9 Å². The van der Waals surface area contributed by atoms with Crippen LogP contribution in [0.5, 0.6) is 0 Å². The van der Waals surface area contributed by atoms with Gasteiger partial charge < -0.3 is 15.3 Å². The van der Waals surface area contributed by atoms with Crippen molar-refractivity contribution in [3.63, 3.8) is 0 Å². The van der Waals surface area contributed by atoms with Crippen molar-refractivity contribution >= 4 is 29.1 Å². The van der Waals surface area contributed by atoms with Crippen molar-refractivity contribution in [2.45, 2.75) is 19.1 Å². The van der Waals surface area contributed by atoms with Crippen molar-refractivity contribution in [1.29, 1.82) is 0 Å². The monoisotopic (exact) mass is 275 g/mol. The van der Waals surface area contributed by atoms with Crippen LogP contribution in [0.25, 0.3) is 0 Å². The third kappa shape index (κ3) is 1.83. The van der Waals surface area contributed by atoms with E-state index in [2.05, 4.69) is 10.6 Å². The Balaban J connectivity index is 1.96. The molecule has 1 aromatic carbocycles. The number of carbonyl (C=O) groups is 3. The lowest BCUT2D eigenvalue weighted by Gasteiger charge is -2.33. The summed E-state index contributed by atoms with van der Waals surface area (Å²) < 4.78 is 0. The van der Waals surface area contributed by atoms with Crippen LogP contribution in [0.4, 0.5) is 11.4 Å². The minimum Gasteiger partial charge on any atom is -0.378 e. The van der Waals surface area contributed by atoms with Crippen LogP contribution in [0.3, 0.4) is 0 Å². The quantitative estimate of drug-likeness (QED) is 0.601. The van der Waals surface area contributed by atoms with Gasteiger partial charge in [-0.15, -0.1) is 0 Å². The largest absolute Gasteiger partial charge is 0.378 e. The van der Waals surface area contributed by atoms with Crippen LogP contribution in [0.1, 0.15) is 18.6 Å². The zero-order chi connectivity index (χ0) is 14.4. The van der Waals surface area contributed by atoms with Gasteiger partial charge in [0.15, 0.2) is 6.10 Å². The van der Waals surface area contributed by atoms with E-state index in [0.717, 1.165) is 0 Å². The topological polar surface area (TPSA) is 98.7 Å². The molecule has 7 nitrogen and oxygen atoms in total. The van der Waals surface area contributed by atoms with Crippen LogP contribution in [0, 0.1) is 0 Å².